The summed E-state index contributed by atoms with van der Waals surface area (Å²) in [5.41, 5.74) is 1.39. The normalized spacial score (nSPS) is 10.6. The van der Waals surface area contributed by atoms with Gasteiger partial charge in [-0.3, -0.25) is 14.5 Å². The van der Waals surface area contributed by atoms with E-state index in [0.29, 0.717) is 17.3 Å². The third-order valence-electron chi connectivity index (χ3n) is 3.66. The van der Waals surface area contributed by atoms with Crippen LogP contribution in [0.25, 0.3) is 0 Å². The second-order valence-corrected chi connectivity index (χ2v) is 7.02. The summed E-state index contributed by atoms with van der Waals surface area (Å²) >= 11 is 7.60. The van der Waals surface area contributed by atoms with E-state index in [4.69, 9.17) is 11.6 Å². The van der Waals surface area contributed by atoms with Gasteiger partial charge in [-0.1, -0.05) is 35.9 Å². The first-order valence-electron chi connectivity index (χ1n) is 8.15. The lowest BCUT2D eigenvalue weighted by Gasteiger charge is -2.17. The van der Waals surface area contributed by atoms with Crippen molar-refractivity contribution in [1.82, 2.24) is 4.90 Å². The molecule has 0 heterocycles. The molecule has 0 bridgehead atoms. The Morgan fingerprint density at radius 1 is 1.00 bits per heavy atom. The minimum absolute atomic E-state index is 0.111. The summed E-state index contributed by atoms with van der Waals surface area (Å²) in [7, 11) is 1.81. The molecular weight excluding hydrogens is 370 g/mol. The summed E-state index contributed by atoms with van der Waals surface area (Å²) in [4.78, 5) is 27.0. The van der Waals surface area contributed by atoms with E-state index < -0.39 is 0 Å². The van der Waals surface area contributed by atoms with Crippen LogP contribution in [0.1, 0.15) is 6.42 Å². The highest BCUT2D eigenvalue weighted by molar-refractivity contribution is 7.98. The van der Waals surface area contributed by atoms with Crippen molar-refractivity contribution in [2.45, 2.75) is 11.3 Å². The van der Waals surface area contributed by atoms with Gasteiger partial charge in [-0.2, -0.15) is 0 Å². The van der Waals surface area contributed by atoms with Crippen LogP contribution in [0.4, 0.5) is 11.4 Å². The van der Waals surface area contributed by atoms with Crippen molar-refractivity contribution in [3.05, 3.63) is 53.6 Å². The minimum Gasteiger partial charge on any atom is -0.325 e. The third-order valence-corrected chi connectivity index (χ3v) is 4.79. The van der Waals surface area contributed by atoms with Gasteiger partial charge < -0.3 is 10.6 Å². The van der Waals surface area contributed by atoms with Crippen LogP contribution in [0.2, 0.25) is 5.02 Å². The van der Waals surface area contributed by atoms with E-state index in [1.165, 1.54) is 0 Å². The number of rotatable bonds is 8. The summed E-state index contributed by atoms with van der Waals surface area (Å²) < 4.78 is 0. The standard InChI is InChI=1S/C19H22ClN3O2S/c1-23(12-11-18(24)21-15-8-4-3-7-14(15)20)13-19(25)22-16-9-5-6-10-17(16)26-2/h3-10H,11-13H2,1-2H3,(H,21,24)(H,22,25). The number of nitrogens with one attached hydrogen (secondary N) is 2. The van der Waals surface area contributed by atoms with Crippen LogP contribution in [0, 0.1) is 0 Å². The van der Waals surface area contributed by atoms with Crippen LogP contribution < -0.4 is 10.6 Å². The number of thioether (sulfide) groups is 1. The number of hydrogen-bond acceptors (Lipinski definition) is 4. The maximum absolute atomic E-state index is 12.2. The van der Waals surface area contributed by atoms with E-state index in [0.717, 1.165) is 10.6 Å². The van der Waals surface area contributed by atoms with E-state index >= 15 is 0 Å². The fraction of sp³-hybridized carbons (Fsp3) is 0.263. The zero-order chi connectivity index (χ0) is 18.9. The molecule has 2 rings (SSSR count). The molecule has 0 aliphatic rings. The fourth-order valence-corrected chi connectivity index (χ4v) is 3.07. The molecule has 0 radical (unpaired) electrons. The SMILES string of the molecule is CSc1ccccc1NC(=O)CN(C)CCC(=O)Nc1ccccc1Cl. The Hall–Kier alpha value is -2.02. The Kier molecular flexibility index (Phi) is 7.97. The number of nitrogens with zero attached hydrogens (tertiary/aromatic N) is 1. The zero-order valence-electron chi connectivity index (χ0n) is 14.8. The molecule has 2 amide bonds. The number of carbonyl (C=O) groups excluding carboxylic acids is 2. The van der Waals surface area contributed by atoms with Gasteiger partial charge in [-0.15, -0.1) is 11.8 Å². The predicted molar refractivity (Wildman–Crippen MR) is 109 cm³/mol. The van der Waals surface area contributed by atoms with Crippen molar-refractivity contribution in [1.29, 1.82) is 0 Å². The van der Waals surface area contributed by atoms with Gasteiger partial charge in [0.25, 0.3) is 0 Å². The quantitative estimate of drug-likeness (QED) is 0.668. The van der Waals surface area contributed by atoms with Gasteiger partial charge in [0.05, 0.1) is 22.9 Å². The summed E-state index contributed by atoms with van der Waals surface area (Å²) in [6.07, 6.45) is 2.24. The molecule has 0 spiro atoms. The van der Waals surface area contributed by atoms with Crippen LogP contribution in [-0.4, -0.2) is 43.1 Å². The Morgan fingerprint density at radius 3 is 2.31 bits per heavy atom. The van der Waals surface area contributed by atoms with Crippen molar-refractivity contribution in [3.8, 4) is 0 Å². The molecular formula is C19H22ClN3O2S. The van der Waals surface area contributed by atoms with E-state index in [1.807, 2.05) is 48.5 Å². The monoisotopic (exact) mass is 391 g/mol. The topological polar surface area (TPSA) is 61.4 Å². The molecule has 5 nitrogen and oxygen atoms in total. The molecule has 0 aliphatic carbocycles. The average Bonchev–Trinajstić information content (AvgIpc) is 2.62. The Morgan fingerprint density at radius 2 is 1.62 bits per heavy atom. The number of likely N-dealkylation sites (N-methyl/N-ethyl adjacent to an activating group) is 1. The molecule has 0 aromatic heterocycles. The van der Waals surface area contributed by atoms with Crippen molar-refractivity contribution >= 4 is 46.6 Å². The lowest BCUT2D eigenvalue weighted by atomic mass is 10.3. The number of para-hydroxylation sites is 2. The van der Waals surface area contributed by atoms with Crippen molar-refractivity contribution in [2.75, 3.05) is 37.0 Å². The number of hydrogen-bond donors (Lipinski definition) is 2. The first-order valence-corrected chi connectivity index (χ1v) is 9.75. The number of amides is 2. The largest absolute Gasteiger partial charge is 0.325 e. The van der Waals surface area contributed by atoms with Gasteiger partial charge in [0, 0.05) is 17.9 Å². The molecule has 0 saturated carbocycles. The van der Waals surface area contributed by atoms with E-state index in [9.17, 15) is 9.59 Å². The molecule has 0 fully saturated rings. The van der Waals surface area contributed by atoms with Gasteiger partial charge in [0.15, 0.2) is 0 Å². The predicted octanol–water partition coefficient (Wildman–Crippen LogP) is 3.96. The Bertz CT molecular complexity index is 770. The first kappa shape index (κ1) is 20.3. The fourth-order valence-electron chi connectivity index (χ4n) is 2.33. The van der Waals surface area contributed by atoms with Crippen molar-refractivity contribution in [2.24, 2.45) is 0 Å². The highest BCUT2D eigenvalue weighted by atomic mass is 35.5. The van der Waals surface area contributed by atoms with Gasteiger partial charge in [0.1, 0.15) is 0 Å². The molecule has 0 unspecified atom stereocenters. The van der Waals surface area contributed by atoms with Crippen LogP contribution in [0.5, 0.6) is 0 Å². The average molecular weight is 392 g/mol. The molecule has 7 heteroatoms. The second kappa shape index (κ2) is 10.2. The van der Waals surface area contributed by atoms with Crippen molar-refractivity contribution in [3.63, 3.8) is 0 Å². The maximum atomic E-state index is 12.2. The molecule has 138 valence electrons. The molecule has 2 aromatic rings. The molecule has 26 heavy (non-hydrogen) atoms. The Labute approximate surface area is 163 Å². The third kappa shape index (κ3) is 6.37. The van der Waals surface area contributed by atoms with Crippen LogP contribution in [-0.2, 0) is 9.59 Å². The van der Waals surface area contributed by atoms with E-state index in [-0.39, 0.29) is 24.8 Å². The number of halogens is 1. The van der Waals surface area contributed by atoms with Gasteiger partial charge in [-0.05, 0) is 37.6 Å². The highest BCUT2D eigenvalue weighted by Gasteiger charge is 2.11. The summed E-state index contributed by atoms with van der Waals surface area (Å²) in [5.74, 6) is -0.251. The van der Waals surface area contributed by atoms with Crippen LogP contribution >= 0.6 is 23.4 Å². The molecule has 2 N–H and O–H groups in total. The zero-order valence-corrected chi connectivity index (χ0v) is 16.4. The van der Waals surface area contributed by atoms with Gasteiger partial charge >= 0.3 is 0 Å². The molecule has 0 aliphatic heterocycles. The van der Waals surface area contributed by atoms with Crippen LogP contribution in [0.15, 0.2) is 53.4 Å². The summed E-state index contributed by atoms with van der Waals surface area (Å²) in [6.45, 7) is 0.677. The number of benzene rings is 2. The van der Waals surface area contributed by atoms with Crippen LogP contribution in [0.3, 0.4) is 0 Å². The number of carbonyl (C=O) groups is 2. The second-order valence-electron chi connectivity index (χ2n) is 5.76. The minimum atomic E-state index is -0.141. The maximum Gasteiger partial charge on any atom is 0.238 e. The molecule has 0 saturated heterocycles. The summed E-state index contributed by atoms with van der Waals surface area (Å²) in [6, 6.07) is 14.7. The number of anilines is 2. The summed E-state index contributed by atoms with van der Waals surface area (Å²) in [5, 5.41) is 6.18. The van der Waals surface area contributed by atoms with Gasteiger partial charge in [0.2, 0.25) is 11.8 Å². The van der Waals surface area contributed by atoms with E-state index in [2.05, 4.69) is 10.6 Å². The first-order chi connectivity index (χ1) is 12.5. The molecule has 0 atom stereocenters. The highest BCUT2D eigenvalue weighted by Crippen LogP contribution is 2.24. The van der Waals surface area contributed by atoms with Gasteiger partial charge in [-0.25, -0.2) is 0 Å². The lowest BCUT2D eigenvalue weighted by molar-refractivity contribution is -0.119. The molecule has 2 aromatic carbocycles. The lowest BCUT2D eigenvalue weighted by Crippen LogP contribution is -2.32. The smallest absolute Gasteiger partial charge is 0.238 e. The Balaban J connectivity index is 1.77. The van der Waals surface area contributed by atoms with E-state index in [1.54, 1.807) is 30.0 Å². The van der Waals surface area contributed by atoms with Crippen molar-refractivity contribution < 1.29 is 9.59 Å².